The van der Waals surface area contributed by atoms with E-state index >= 15 is 0 Å². The molecule has 1 aliphatic carbocycles. The van der Waals surface area contributed by atoms with Crippen molar-refractivity contribution in [3.8, 4) is 0 Å². The third kappa shape index (κ3) is 5.33. The fraction of sp³-hybridized carbons (Fsp3) is 0.733. The molecule has 0 fully saturated rings. The lowest BCUT2D eigenvalue weighted by molar-refractivity contribution is -0.156. The highest BCUT2D eigenvalue weighted by molar-refractivity contribution is 5.88. The van der Waals surface area contributed by atoms with E-state index < -0.39 is 5.60 Å². The quantitative estimate of drug-likeness (QED) is 0.738. The van der Waals surface area contributed by atoms with Gasteiger partial charge in [0.2, 0.25) is 0 Å². The molecule has 0 saturated heterocycles. The molecule has 0 aromatic rings. The molecule has 0 heterocycles. The van der Waals surface area contributed by atoms with Crippen molar-refractivity contribution in [1.82, 2.24) is 4.90 Å². The maximum absolute atomic E-state index is 11.8. The summed E-state index contributed by atoms with van der Waals surface area (Å²) in [6.45, 7) is 5.84. The van der Waals surface area contributed by atoms with Crippen LogP contribution in [0.25, 0.3) is 0 Å². The number of nitrogens with zero attached hydrogens (tertiary/aromatic N) is 1. The summed E-state index contributed by atoms with van der Waals surface area (Å²) in [5.41, 5.74) is 0.275. The van der Waals surface area contributed by atoms with Crippen LogP contribution in [0.5, 0.6) is 0 Å². The van der Waals surface area contributed by atoms with Gasteiger partial charge in [-0.3, -0.25) is 9.69 Å². The topological polar surface area (TPSA) is 55.8 Å². The second-order valence-corrected chi connectivity index (χ2v) is 6.15. The van der Waals surface area contributed by atoms with E-state index in [0.717, 1.165) is 18.4 Å². The van der Waals surface area contributed by atoms with E-state index in [9.17, 15) is 9.59 Å². The molecule has 20 heavy (non-hydrogen) atoms. The van der Waals surface area contributed by atoms with Crippen molar-refractivity contribution >= 4 is 11.9 Å². The summed E-state index contributed by atoms with van der Waals surface area (Å²) < 4.78 is 10.0. The zero-order chi connectivity index (χ0) is 15.3. The smallest absolute Gasteiger partial charge is 0.333 e. The molecule has 5 heteroatoms. The molecule has 5 nitrogen and oxygen atoms in total. The zero-order valence-electron chi connectivity index (χ0n) is 13.1. The van der Waals surface area contributed by atoms with Crippen molar-refractivity contribution in [2.24, 2.45) is 0 Å². The number of likely N-dealkylation sites (N-methyl/N-ethyl adjacent to an activating group) is 1. The molecule has 1 aliphatic rings. The Morgan fingerprint density at radius 1 is 1.40 bits per heavy atom. The SMILES string of the molecule is COC(=O)C1=CCC(N(C)CC(=O)OC(C)(C)C)CC1. The summed E-state index contributed by atoms with van der Waals surface area (Å²) in [5.74, 6) is -0.471. The van der Waals surface area contributed by atoms with Crippen molar-refractivity contribution in [2.45, 2.75) is 51.7 Å². The Balaban J connectivity index is 2.47. The average molecular weight is 283 g/mol. The first-order chi connectivity index (χ1) is 9.23. The molecule has 0 saturated carbocycles. The number of rotatable bonds is 4. The first-order valence-corrected chi connectivity index (χ1v) is 6.92. The van der Waals surface area contributed by atoms with Crippen LogP contribution in [-0.4, -0.2) is 49.2 Å². The van der Waals surface area contributed by atoms with Gasteiger partial charge >= 0.3 is 11.9 Å². The Morgan fingerprint density at radius 3 is 2.50 bits per heavy atom. The van der Waals surface area contributed by atoms with Gasteiger partial charge in [-0.1, -0.05) is 6.08 Å². The van der Waals surface area contributed by atoms with Gasteiger partial charge in [0.25, 0.3) is 0 Å². The van der Waals surface area contributed by atoms with E-state index in [1.165, 1.54) is 7.11 Å². The van der Waals surface area contributed by atoms with Gasteiger partial charge in [0.15, 0.2) is 0 Å². The van der Waals surface area contributed by atoms with Crippen LogP contribution in [0.3, 0.4) is 0 Å². The predicted molar refractivity (Wildman–Crippen MR) is 76.2 cm³/mol. The van der Waals surface area contributed by atoms with Gasteiger partial charge in [0, 0.05) is 11.6 Å². The summed E-state index contributed by atoms with van der Waals surface area (Å²) in [4.78, 5) is 25.2. The van der Waals surface area contributed by atoms with Gasteiger partial charge in [-0.05, 0) is 47.1 Å². The molecule has 0 N–H and O–H groups in total. The lowest BCUT2D eigenvalue weighted by Gasteiger charge is -2.30. The van der Waals surface area contributed by atoms with E-state index in [-0.39, 0.29) is 24.5 Å². The lowest BCUT2D eigenvalue weighted by Crippen LogP contribution is -2.39. The second kappa shape index (κ2) is 6.88. The van der Waals surface area contributed by atoms with Crippen molar-refractivity contribution in [1.29, 1.82) is 0 Å². The van der Waals surface area contributed by atoms with Gasteiger partial charge in [0.1, 0.15) is 5.60 Å². The van der Waals surface area contributed by atoms with Crippen LogP contribution in [0.15, 0.2) is 11.6 Å². The van der Waals surface area contributed by atoms with Crippen LogP contribution in [0.4, 0.5) is 0 Å². The molecule has 1 atom stereocenters. The molecule has 0 aliphatic heterocycles. The Labute approximate surface area is 120 Å². The number of carbonyl (C=O) groups excluding carboxylic acids is 2. The number of hydrogen-bond donors (Lipinski definition) is 0. The molecule has 0 bridgehead atoms. The number of ether oxygens (including phenoxy) is 2. The summed E-state index contributed by atoms with van der Waals surface area (Å²) in [7, 11) is 3.30. The van der Waals surface area contributed by atoms with E-state index in [4.69, 9.17) is 9.47 Å². The molecule has 0 radical (unpaired) electrons. The van der Waals surface area contributed by atoms with Crippen molar-refractivity contribution in [3.63, 3.8) is 0 Å². The van der Waals surface area contributed by atoms with Gasteiger partial charge < -0.3 is 9.47 Å². The predicted octanol–water partition coefficient (Wildman–Crippen LogP) is 1.91. The van der Waals surface area contributed by atoms with Crippen molar-refractivity contribution in [3.05, 3.63) is 11.6 Å². The summed E-state index contributed by atoms with van der Waals surface area (Å²) in [6.07, 6.45) is 4.20. The molecule has 0 amide bonds. The maximum atomic E-state index is 11.8. The average Bonchev–Trinajstić information content (AvgIpc) is 2.35. The highest BCUT2D eigenvalue weighted by Gasteiger charge is 2.25. The molecule has 114 valence electrons. The minimum absolute atomic E-state index is 0.220. The van der Waals surface area contributed by atoms with Gasteiger partial charge in [-0.15, -0.1) is 0 Å². The summed E-state index contributed by atoms with van der Waals surface area (Å²) in [6, 6.07) is 0.260. The monoisotopic (exact) mass is 283 g/mol. The maximum Gasteiger partial charge on any atom is 0.333 e. The Bertz CT molecular complexity index is 395. The van der Waals surface area contributed by atoms with Crippen LogP contribution >= 0.6 is 0 Å². The Hall–Kier alpha value is -1.36. The number of esters is 2. The summed E-state index contributed by atoms with van der Waals surface area (Å²) >= 11 is 0. The number of hydrogen-bond acceptors (Lipinski definition) is 5. The number of carbonyl (C=O) groups is 2. The molecule has 0 spiro atoms. The van der Waals surface area contributed by atoms with Crippen molar-refractivity contribution < 1.29 is 19.1 Å². The standard InChI is InChI=1S/C15H25NO4/c1-15(2,3)20-13(17)10-16(4)12-8-6-11(7-9-12)14(18)19-5/h6,12H,7-10H2,1-5H3. The van der Waals surface area contributed by atoms with Crippen LogP contribution in [0, 0.1) is 0 Å². The van der Waals surface area contributed by atoms with Crippen LogP contribution < -0.4 is 0 Å². The second-order valence-electron chi connectivity index (χ2n) is 6.15. The molecule has 1 rings (SSSR count). The molecular weight excluding hydrogens is 258 g/mol. The fourth-order valence-corrected chi connectivity index (χ4v) is 2.24. The molecule has 0 aromatic heterocycles. The summed E-state index contributed by atoms with van der Waals surface area (Å²) in [5, 5.41) is 0. The number of methoxy groups -OCH3 is 1. The third-order valence-electron chi connectivity index (χ3n) is 3.25. The van der Waals surface area contributed by atoms with E-state index in [1.54, 1.807) is 0 Å². The minimum Gasteiger partial charge on any atom is -0.466 e. The Morgan fingerprint density at radius 2 is 2.05 bits per heavy atom. The van der Waals surface area contributed by atoms with Crippen LogP contribution in [0.2, 0.25) is 0 Å². The minimum atomic E-state index is -0.456. The molecule has 1 unspecified atom stereocenters. The first kappa shape index (κ1) is 16.7. The fourth-order valence-electron chi connectivity index (χ4n) is 2.24. The van der Waals surface area contributed by atoms with Crippen LogP contribution in [0.1, 0.15) is 40.0 Å². The zero-order valence-corrected chi connectivity index (χ0v) is 13.1. The highest BCUT2D eigenvalue weighted by atomic mass is 16.6. The lowest BCUT2D eigenvalue weighted by atomic mass is 9.94. The Kier molecular flexibility index (Phi) is 5.74. The highest BCUT2D eigenvalue weighted by Crippen LogP contribution is 2.22. The first-order valence-electron chi connectivity index (χ1n) is 6.92. The molecule has 0 aromatic carbocycles. The van der Waals surface area contributed by atoms with E-state index in [1.807, 2.05) is 38.8 Å². The van der Waals surface area contributed by atoms with Gasteiger partial charge in [0.05, 0.1) is 13.7 Å². The van der Waals surface area contributed by atoms with Gasteiger partial charge in [-0.2, -0.15) is 0 Å². The van der Waals surface area contributed by atoms with E-state index in [2.05, 4.69) is 0 Å². The van der Waals surface area contributed by atoms with Crippen LogP contribution in [-0.2, 0) is 19.1 Å². The largest absolute Gasteiger partial charge is 0.466 e. The molecular formula is C15H25NO4. The van der Waals surface area contributed by atoms with Crippen molar-refractivity contribution in [2.75, 3.05) is 20.7 Å². The van der Waals surface area contributed by atoms with E-state index in [0.29, 0.717) is 6.42 Å². The van der Waals surface area contributed by atoms with Gasteiger partial charge in [-0.25, -0.2) is 4.79 Å². The normalized spacial score (nSPS) is 19.5. The third-order valence-corrected chi connectivity index (χ3v) is 3.25.